The summed E-state index contributed by atoms with van der Waals surface area (Å²) in [4.78, 5) is 0. The van der Waals surface area contributed by atoms with Gasteiger partial charge in [0.25, 0.3) is 0 Å². The van der Waals surface area contributed by atoms with Crippen LogP contribution in [0.5, 0.6) is 5.75 Å². The Labute approximate surface area is 162 Å². The first kappa shape index (κ1) is 20.1. The van der Waals surface area contributed by atoms with Crippen molar-refractivity contribution < 1.29 is 23.7 Å². The molecule has 0 amide bonds. The van der Waals surface area contributed by atoms with Crippen molar-refractivity contribution in [3.8, 4) is 5.75 Å². The molecular formula is C21H24F2N2O3. The Balaban J connectivity index is 1.67. The summed E-state index contributed by atoms with van der Waals surface area (Å²) >= 11 is 0. The molecule has 2 aromatic carbocycles. The Kier molecular flexibility index (Phi) is 6.16. The zero-order valence-corrected chi connectivity index (χ0v) is 15.6. The summed E-state index contributed by atoms with van der Waals surface area (Å²) in [6, 6.07) is 8.17. The molecule has 28 heavy (non-hydrogen) atoms. The van der Waals surface area contributed by atoms with Gasteiger partial charge in [-0.3, -0.25) is 0 Å². The maximum absolute atomic E-state index is 13.3. The average molecular weight is 390 g/mol. The number of aliphatic hydroxyl groups excluding tert-OH is 2. The van der Waals surface area contributed by atoms with Gasteiger partial charge in [0.1, 0.15) is 24.0 Å². The fourth-order valence-electron chi connectivity index (χ4n) is 3.18. The van der Waals surface area contributed by atoms with Gasteiger partial charge in [0.2, 0.25) is 0 Å². The smallest absolute Gasteiger partial charge is 0.154 e. The lowest BCUT2D eigenvalue weighted by atomic mass is 10.0. The van der Waals surface area contributed by atoms with E-state index in [2.05, 4.69) is 5.32 Å². The highest BCUT2D eigenvalue weighted by atomic mass is 19.1. The maximum atomic E-state index is 13.3. The van der Waals surface area contributed by atoms with Crippen LogP contribution in [-0.2, 0) is 12.8 Å². The minimum absolute atomic E-state index is 0.0333. The topological polar surface area (TPSA) is 87.7 Å². The van der Waals surface area contributed by atoms with Crippen LogP contribution in [0.3, 0.4) is 0 Å². The van der Waals surface area contributed by atoms with E-state index in [0.717, 1.165) is 23.6 Å². The second-order valence-corrected chi connectivity index (χ2v) is 6.89. The normalized spacial score (nSPS) is 15.6. The Morgan fingerprint density at radius 2 is 1.86 bits per heavy atom. The fraction of sp³-hybridized carbons (Fsp3) is 0.333. The Morgan fingerprint density at radius 3 is 2.54 bits per heavy atom. The van der Waals surface area contributed by atoms with Gasteiger partial charge in [0.05, 0.1) is 11.8 Å². The fourth-order valence-corrected chi connectivity index (χ4v) is 3.18. The summed E-state index contributed by atoms with van der Waals surface area (Å²) in [5, 5.41) is 23.6. The quantitative estimate of drug-likeness (QED) is 0.584. The monoisotopic (exact) mass is 390 g/mol. The van der Waals surface area contributed by atoms with Gasteiger partial charge in [-0.15, -0.1) is 0 Å². The van der Waals surface area contributed by atoms with E-state index in [1.54, 1.807) is 0 Å². The lowest BCUT2D eigenvalue weighted by Crippen LogP contribution is -2.43. The molecule has 0 aliphatic carbocycles. The van der Waals surface area contributed by atoms with Crippen LogP contribution in [0.1, 0.15) is 23.6 Å². The summed E-state index contributed by atoms with van der Waals surface area (Å²) in [5.41, 5.74) is 8.66. The van der Waals surface area contributed by atoms with E-state index in [9.17, 15) is 19.0 Å². The van der Waals surface area contributed by atoms with Crippen LogP contribution in [0.2, 0.25) is 0 Å². The van der Waals surface area contributed by atoms with Gasteiger partial charge in [0.15, 0.2) is 5.76 Å². The third-order valence-corrected chi connectivity index (χ3v) is 4.75. The van der Waals surface area contributed by atoms with Crippen molar-refractivity contribution in [3.63, 3.8) is 0 Å². The van der Waals surface area contributed by atoms with Gasteiger partial charge >= 0.3 is 0 Å². The van der Waals surface area contributed by atoms with Crippen LogP contribution in [-0.4, -0.2) is 35.5 Å². The predicted octanol–water partition coefficient (Wildman–Crippen LogP) is 2.67. The predicted molar refractivity (Wildman–Crippen MR) is 103 cm³/mol. The molecule has 0 spiro atoms. The molecule has 0 fully saturated rings. The average Bonchev–Trinajstić information content (AvgIpc) is 2.65. The van der Waals surface area contributed by atoms with E-state index >= 15 is 0 Å². The van der Waals surface area contributed by atoms with Gasteiger partial charge in [-0.1, -0.05) is 13.0 Å². The molecular weight excluding hydrogens is 366 g/mol. The van der Waals surface area contributed by atoms with Crippen molar-refractivity contribution >= 4 is 5.70 Å². The van der Waals surface area contributed by atoms with E-state index in [1.165, 1.54) is 12.1 Å². The lowest BCUT2D eigenvalue weighted by Gasteiger charge is -2.25. The van der Waals surface area contributed by atoms with Crippen molar-refractivity contribution in [2.45, 2.75) is 31.9 Å². The first-order valence-electron chi connectivity index (χ1n) is 9.18. The number of nitrogens with two attached hydrogens (primary N) is 1. The molecule has 0 bridgehead atoms. The molecule has 1 heterocycles. The van der Waals surface area contributed by atoms with Crippen LogP contribution < -0.4 is 15.8 Å². The maximum Gasteiger partial charge on any atom is 0.154 e. The SMILES string of the molecule is CCc1ccc2c(c1)C(NCC(O)C(N)Cc1cc(F)cc(F)c1)=C(O)CO2. The first-order valence-corrected chi connectivity index (χ1v) is 9.18. The standard InChI is InChI=1S/C21H24F2N2O3/c1-2-12-3-4-20-16(7-12)21(19(27)11-28-20)25-10-18(26)17(24)8-13-5-14(22)9-15(23)6-13/h3-7,9,17-18,25-27H,2,8,10-11,24H2,1H3. The van der Waals surface area contributed by atoms with Gasteiger partial charge in [0, 0.05) is 24.2 Å². The Morgan fingerprint density at radius 1 is 1.14 bits per heavy atom. The molecule has 7 heteroatoms. The minimum atomic E-state index is -0.993. The summed E-state index contributed by atoms with van der Waals surface area (Å²) in [6.45, 7) is 2.12. The third-order valence-electron chi connectivity index (χ3n) is 4.75. The Bertz CT molecular complexity index is 866. The molecule has 150 valence electrons. The number of halogens is 2. The highest BCUT2D eigenvalue weighted by Crippen LogP contribution is 2.31. The summed E-state index contributed by atoms with van der Waals surface area (Å²) in [6.07, 6.45) is -0.0476. The molecule has 0 aromatic heterocycles. The molecule has 0 radical (unpaired) electrons. The number of hydrogen-bond donors (Lipinski definition) is 4. The Hall–Kier alpha value is -2.64. The molecule has 2 atom stereocenters. The van der Waals surface area contributed by atoms with Crippen molar-refractivity contribution in [2.75, 3.05) is 13.2 Å². The number of nitrogens with one attached hydrogen (secondary N) is 1. The zero-order chi connectivity index (χ0) is 20.3. The van der Waals surface area contributed by atoms with Gasteiger partial charge in [-0.25, -0.2) is 8.78 Å². The van der Waals surface area contributed by atoms with Crippen LogP contribution in [0.25, 0.3) is 5.70 Å². The van der Waals surface area contributed by atoms with Crippen molar-refractivity contribution in [1.29, 1.82) is 0 Å². The van der Waals surface area contributed by atoms with Crippen molar-refractivity contribution in [1.82, 2.24) is 5.32 Å². The van der Waals surface area contributed by atoms with E-state index in [-0.39, 0.29) is 25.3 Å². The van der Waals surface area contributed by atoms with Gasteiger partial charge in [-0.2, -0.15) is 0 Å². The largest absolute Gasteiger partial charge is 0.507 e. The molecule has 5 N–H and O–H groups in total. The number of fused-ring (bicyclic) bond motifs is 1. The lowest BCUT2D eigenvalue weighted by molar-refractivity contribution is 0.146. The van der Waals surface area contributed by atoms with Gasteiger partial charge in [-0.05, 0) is 48.2 Å². The second kappa shape index (κ2) is 8.58. The number of aryl methyl sites for hydroxylation is 1. The van der Waals surface area contributed by atoms with Crippen molar-refractivity contribution in [3.05, 3.63) is 70.5 Å². The number of ether oxygens (including phenoxy) is 1. The second-order valence-electron chi connectivity index (χ2n) is 6.89. The summed E-state index contributed by atoms with van der Waals surface area (Å²) in [7, 11) is 0. The molecule has 2 unspecified atom stereocenters. The van der Waals surface area contributed by atoms with Gasteiger partial charge < -0.3 is 26.0 Å². The van der Waals surface area contributed by atoms with Crippen LogP contribution in [0.15, 0.2) is 42.2 Å². The van der Waals surface area contributed by atoms with Crippen molar-refractivity contribution in [2.24, 2.45) is 5.73 Å². The van der Waals surface area contributed by atoms with E-state index in [1.807, 2.05) is 25.1 Å². The molecule has 0 saturated carbocycles. The van der Waals surface area contributed by atoms with Crippen LogP contribution in [0, 0.1) is 11.6 Å². The molecule has 1 aliphatic heterocycles. The van der Waals surface area contributed by atoms with Crippen LogP contribution in [0.4, 0.5) is 8.78 Å². The molecule has 1 aliphatic rings. The van der Waals surface area contributed by atoms with E-state index in [0.29, 0.717) is 17.0 Å². The first-order chi connectivity index (χ1) is 13.4. The highest BCUT2D eigenvalue weighted by Gasteiger charge is 2.22. The number of rotatable bonds is 7. The third kappa shape index (κ3) is 4.61. The highest BCUT2D eigenvalue weighted by molar-refractivity contribution is 5.73. The summed E-state index contributed by atoms with van der Waals surface area (Å²) in [5.74, 6) is -0.689. The summed E-state index contributed by atoms with van der Waals surface area (Å²) < 4.78 is 32.1. The molecule has 2 aromatic rings. The number of hydrogen-bond acceptors (Lipinski definition) is 5. The number of aliphatic hydroxyl groups is 2. The molecule has 0 saturated heterocycles. The van der Waals surface area contributed by atoms with E-state index in [4.69, 9.17) is 10.5 Å². The molecule has 5 nitrogen and oxygen atoms in total. The number of benzene rings is 2. The van der Waals surface area contributed by atoms with Crippen LogP contribution >= 0.6 is 0 Å². The zero-order valence-electron chi connectivity index (χ0n) is 15.6. The molecule has 3 rings (SSSR count). The minimum Gasteiger partial charge on any atom is -0.507 e. The van der Waals surface area contributed by atoms with E-state index < -0.39 is 23.8 Å².